The third-order valence-electron chi connectivity index (χ3n) is 3.95. The van der Waals surface area contributed by atoms with Crippen molar-refractivity contribution >= 4 is 21.4 Å². The third kappa shape index (κ3) is 3.97. The molecule has 5 nitrogen and oxygen atoms in total. The number of pyridine rings is 1. The molecular weight excluding hydrogens is 348 g/mol. The normalized spacial score (nSPS) is 11.2. The fourth-order valence-corrected chi connectivity index (χ4v) is 3.32. The molecule has 26 heavy (non-hydrogen) atoms. The van der Waals surface area contributed by atoms with Crippen molar-refractivity contribution in [1.82, 2.24) is 4.98 Å². The van der Waals surface area contributed by atoms with Gasteiger partial charge in [0.15, 0.2) is 9.84 Å². The Hall–Kier alpha value is -2.99. The maximum absolute atomic E-state index is 12.6. The van der Waals surface area contributed by atoms with Crippen LogP contribution in [0.5, 0.6) is 0 Å². The first-order valence-corrected chi connectivity index (χ1v) is 9.87. The van der Waals surface area contributed by atoms with Gasteiger partial charge in [-0.05, 0) is 55.0 Å². The van der Waals surface area contributed by atoms with Crippen molar-refractivity contribution in [2.75, 3.05) is 11.6 Å². The van der Waals surface area contributed by atoms with E-state index < -0.39 is 9.84 Å². The predicted molar refractivity (Wildman–Crippen MR) is 102 cm³/mol. The summed E-state index contributed by atoms with van der Waals surface area (Å²) in [5.74, 6) is -0.291. The summed E-state index contributed by atoms with van der Waals surface area (Å²) in [7, 11) is -3.30. The second-order valence-corrected chi connectivity index (χ2v) is 8.01. The Labute approximate surface area is 152 Å². The zero-order valence-corrected chi connectivity index (χ0v) is 15.2. The van der Waals surface area contributed by atoms with Crippen LogP contribution < -0.4 is 5.32 Å². The Kier molecular flexibility index (Phi) is 4.86. The second kappa shape index (κ2) is 7.09. The lowest BCUT2D eigenvalue weighted by atomic mass is 10.1. The lowest BCUT2D eigenvalue weighted by molar-refractivity contribution is 0.102. The molecule has 6 heteroatoms. The minimum atomic E-state index is -3.30. The van der Waals surface area contributed by atoms with Crippen molar-refractivity contribution in [3.8, 4) is 11.3 Å². The first kappa shape index (κ1) is 17.8. The molecule has 2 aromatic carbocycles. The molecular formula is C20H18N2O3S. The lowest BCUT2D eigenvalue weighted by Crippen LogP contribution is -2.14. The van der Waals surface area contributed by atoms with E-state index in [2.05, 4.69) is 10.3 Å². The molecule has 3 aromatic rings. The van der Waals surface area contributed by atoms with Crippen molar-refractivity contribution in [2.24, 2.45) is 0 Å². The number of nitrogens with one attached hydrogen (secondary N) is 1. The van der Waals surface area contributed by atoms with Gasteiger partial charge in [0.05, 0.1) is 10.6 Å². The number of anilines is 1. The van der Waals surface area contributed by atoms with Crippen molar-refractivity contribution in [2.45, 2.75) is 11.8 Å². The minimum Gasteiger partial charge on any atom is -0.322 e. The summed E-state index contributed by atoms with van der Waals surface area (Å²) in [6.07, 6.45) is 2.86. The first-order chi connectivity index (χ1) is 12.3. The molecule has 1 amide bonds. The largest absolute Gasteiger partial charge is 0.322 e. The third-order valence-corrected chi connectivity index (χ3v) is 5.06. The van der Waals surface area contributed by atoms with Crippen molar-refractivity contribution in [1.29, 1.82) is 0 Å². The fourth-order valence-electron chi connectivity index (χ4n) is 2.61. The smallest absolute Gasteiger partial charge is 0.255 e. The van der Waals surface area contributed by atoms with Crippen LogP contribution in [0.4, 0.5) is 5.69 Å². The average Bonchev–Trinajstić information content (AvgIpc) is 2.61. The van der Waals surface area contributed by atoms with Gasteiger partial charge in [-0.3, -0.25) is 9.78 Å². The molecule has 0 atom stereocenters. The maximum atomic E-state index is 12.6. The van der Waals surface area contributed by atoms with Crippen LogP contribution in [0.1, 0.15) is 15.9 Å². The number of sulfone groups is 1. The Morgan fingerprint density at radius 3 is 2.46 bits per heavy atom. The molecule has 132 valence electrons. The molecule has 0 spiro atoms. The molecule has 0 bridgehead atoms. The van der Waals surface area contributed by atoms with Crippen molar-refractivity contribution < 1.29 is 13.2 Å². The molecule has 0 fully saturated rings. The number of benzene rings is 2. The summed E-state index contributed by atoms with van der Waals surface area (Å²) in [5.41, 5.74) is 3.39. The van der Waals surface area contributed by atoms with E-state index in [0.29, 0.717) is 16.8 Å². The molecule has 0 aliphatic carbocycles. The summed E-state index contributed by atoms with van der Waals surface area (Å²) >= 11 is 0. The molecule has 0 aliphatic rings. The van der Waals surface area contributed by atoms with Crippen LogP contribution in [0.3, 0.4) is 0 Å². The molecule has 0 unspecified atom stereocenters. The van der Waals surface area contributed by atoms with Crippen LogP contribution >= 0.6 is 0 Å². The Morgan fingerprint density at radius 1 is 1.00 bits per heavy atom. The Morgan fingerprint density at radius 2 is 1.81 bits per heavy atom. The summed E-state index contributed by atoms with van der Waals surface area (Å²) in [4.78, 5) is 17.1. The minimum absolute atomic E-state index is 0.198. The van der Waals surface area contributed by atoms with E-state index in [0.717, 1.165) is 17.5 Å². The number of hydrogen-bond acceptors (Lipinski definition) is 4. The van der Waals surface area contributed by atoms with E-state index in [1.807, 2.05) is 36.4 Å². The highest BCUT2D eigenvalue weighted by Crippen LogP contribution is 2.22. The number of aryl methyl sites for hydroxylation is 1. The van der Waals surface area contributed by atoms with Gasteiger partial charge in [-0.1, -0.05) is 18.2 Å². The molecule has 1 heterocycles. The highest BCUT2D eigenvalue weighted by atomic mass is 32.2. The highest BCUT2D eigenvalue weighted by Gasteiger charge is 2.14. The van der Waals surface area contributed by atoms with Gasteiger partial charge in [0.1, 0.15) is 0 Å². The molecule has 0 saturated carbocycles. The van der Waals surface area contributed by atoms with E-state index in [4.69, 9.17) is 0 Å². The van der Waals surface area contributed by atoms with Crippen LogP contribution in [0.25, 0.3) is 11.3 Å². The number of amides is 1. The number of carbonyl (C=O) groups is 1. The molecule has 1 aromatic heterocycles. The van der Waals surface area contributed by atoms with Gasteiger partial charge in [-0.25, -0.2) is 8.42 Å². The van der Waals surface area contributed by atoms with Crippen LogP contribution in [0.15, 0.2) is 71.8 Å². The first-order valence-electron chi connectivity index (χ1n) is 7.98. The predicted octanol–water partition coefficient (Wildman–Crippen LogP) is 3.71. The van der Waals surface area contributed by atoms with Crippen LogP contribution in [0, 0.1) is 6.92 Å². The van der Waals surface area contributed by atoms with E-state index in [1.54, 1.807) is 19.2 Å². The van der Waals surface area contributed by atoms with E-state index in [1.165, 1.54) is 18.2 Å². The number of hydrogen-bond donors (Lipinski definition) is 1. The monoisotopic (exact) mass is 366 g/mol. The van der Waals surface area contributed by atoms with Gasteiger partial charge in [-0.15, -0.1) is 0 Å². The topological polar surface area (TPSA) is 76.1 Å². The van der Waals surface area contributed by atoms with E-state index in [9.17, 15) is 13.2 Å². The van der Waals surface area contributed by atoms with Gasteiger partial charge in [0.25, 0.3) is 5.91 Å². The van der Waals surface area contributed by atoms with Gasteiger partial charge < -0.3 is 5.32 Å². The fraction of sp³-hybridized carbons (Fsp3) is 0.100. The summed E-state index contributed by atoms with van der Waals surface area (Å²) in [6, 6.07) is 17.5. The standard InChI is InChI=1S/C20H18N2O3S/c1-14-12-17(26(2,24)25)9-10-18(14)20(23)22-16-7-5-6-15(13-16)19-8-3-4-11-21-19/h3-13H,1-2H3,(H,22,23). The number of rotatable bonds is 4. The SMILES string of the molecule is Cc1cc(S(C)(=O)=O)ccc1C(=O)Nc1cccc(-c2ccccn2)c1. The molecule has 3 rings (SSSR count). The number of carbonyl (C=O) groups excluding carboxylic acids is 1. The summed E-state index contributed by atoms with van der Waals surface area (Å²) < 4.78 is 23.2. The second-order valence-electron chi connectivity index (χ2n) is 6.00. The summed E-state index contributed by atoms with van der Waals surface area (Å²) in [5, 5.41) is 2.85. The van der Waals surface area contributed by atoms with Crippen molar-refractivity contribution in [3.05, 3.63) is 78.0 Å². The van der Waals surface area contributed by atoms with Crippen molar-refractivity contribution in [3.63, 3.8) is 0 Å². The van der Waals surface area contributed by atoms with E-state index in [-0.39, 0.29) is 10.8 Å². The van der Waals surface area contributed by atoms with Crippen LogP contribution in [-0.4, -0.2) is 25.6 Å². The van der Waals surface area contributed by atoms with Gasteiger partial charge in [0.2, 0.25) is 0 Å². The molecule has 1 N–H and O–H groups in total. The number of aromatic nitrogens is 1. The Balaban J connectivity index is 1.85. The molecule has 0 radical (unpaired) electrons. The lowest BCUT2D eigenvalue weighted by Gasteiger charge is -2.10. The van der Waals surface area contributed by atoms with Gasteiger partial charge in [-0.2, -0.15) is 0 Å². The quantitative estimate of drug-likeness (QED) is 0.764. The Bertz CT molecular complexity index is 1060. The number of nitrogens with zero attached hydrogens (tertiary/aromatic N) is 1. The zero-order valence-electron chi connectivity index (χ0n) is 14.4. The molecule has 0 aliphatic heterocycles. The highest BCUT2D eigenvalue weighted by molar-refractivity contribution is 7.90. The molecule has 0 saturated heterocycles. The summed E-state index contributed by atoms with van der Waals surface area (Å²) in [6.45, 7) is 1.72. The maximum Gasteiger partial charge on any atom is 0.255 e. The van der Waals surface area contributed by atoms with Gasteiger partial charge in [0, 0.05) is 29.3 Å². The van der Waals surface area contributed by atoms with Crippen LogP contribution in [0.2, 0.25) is 0 Å². The average molecular weight is 366 g/mol. The zero-order chi connectivity index (χ0) is 18.7. The van der Waals surface area contributed by atoms with E-state index >= 15 is 0 Å². The van der Waals surface area contributed by atoms with Gasteiger partial charge >= 0.3 is 0 Å². The van der Waals surface area contributed by atoms with Crippen LogP contribution in [-0.2, 0) is 9.84 Å².